The summed E-state index contributed by atoms with van der Waals surface area (Å²) in [6.45, 7) is 2.95. The molecule has 0 spiro atoms. The number of esters is 1. The summed E-state index contributed by atoms with van der Waals surface area (Å²) < 4.78 is 39.6. The zero-order valence-electron chi connectivity index (χ0n) is 18.0. The van der Waals surface area contributed by atoms with E-state index in [1.165, 1.54) is 18.3 Å². The molecule has 33 heavy (non-hydrogen) atoms. The fraction of sp³-hybridized carbons (Fsp3) is 0.455. The predicted octanol–water partition coefficient (Wildman–Crippen LogP) is 1.23. The van der Waals surface area contributed by atoms with E-state index in [1.54, 1.807) is 6.07 Å². The molecule has 4 heterocycles. The van der Waals surface area contributed by atoms with Gasteiger partial charge >= 0.3 is 5.97 Å². The van der Waals surface area contributed by atoms with E-state index in [-0.39, 0.29) is 34.5 Å². The van der Waals surface area contributed by atoms with Gasteiger partial charge in [0.2, 0.25) is 10.0 Å². The molecule has 3 aromatic rings. The van der Waals surface area contributed by atoms with Crippen molar-refractivity contribution in [2.75, 3.05) is 32.9 Å². The Labute approximate surface area is 190 Å². The van der Waals surface area contributed by atoms with Gasteiger partial charge in [0.05, 0.1) is 23.7 Å². The maximum Gasteiger partial charge on any atom is 0.340 e. The van der Waals surface area contributed by atoms with Crippen molar-refractivity contribution in [3.63, 3.8) is 0 Å². The number of nitrogens with one attached hydrogen (secondary N) is 4. The van der Waals surface area contributed by atoms with E-state index in [0.29, 0.717) is 42.3 Å². The number of benzene rings is 1. The Bertz CT molecular complexity index is 1350. The molecule has 0 bridgehead atoms. The van der Waals surface area contributed by atoms with E-state index >= 15 is 0 Å². The van der Waals surface area contributed by atoms with Crippen LogP contribution in [0, 0.1) is 5.92 Å². The largest absolute Gasteiger partial charge is 0.462 e. The first-order valence-corrected chi connectivity index (χ1v) is 12.6. The summed E-state index contributed by atoms with van der Waals surface area (Å²) in [5.41, 5.74) is 0.427. The first-order chi connectivity index (χ1) is 15.9. The highest BCUT2D eigenvalue weighted by Gasteiger charge is 2.25. The highest BCUT2D eigenvalue weighted by atomic mass is 32.2. The van der Waals surface area contributed by atoms with Gasteiger partial charge < -0.3 is 24.8 Å². The lowest BCUT2D eigenvalue weighted by molar-refractivity contribution is 0.0430. The Morgan fingerprint density at radius 1 is 1.21 bits per heavy atom. The first kappa shape index (κ1) is 22.1. The van der Waals surface area contributed by atoms with Crippen molar-refractivity contribution >= 4 is 37.8 Å². The number of carbonyl (C=O) groups is 1. The average Bonchev–Trinajstić information content (AvgIpc) is 3.48. The molecular weight excluding hydrogens is 448 g/mol. The van der Waals surface area contributed by atoms with Gasteiger partial charge in [-0.15, -0.1) is 0 Å². The maximum atomic E-state index is 13.0. The lowest BCUT2D eigenvalue weighted by Crippen LogP contribution is -2.42. The van der Waals surface area contributed by atoms with E-state index in [2.05, 4.69) is 20.0 Å². The Morgan fingerprint density at radius 2 is 2.03 bits per heavy atom. The zero-order chi connectivity index (χ0) is 23.0. The number of aromatic nitrogens is 2. The monoisotopic (exact) mass is 474 g/mol. The van der Waals surface area contributed by atoms with Crippen molar-refractivity contribution in [1.82, 2.24) is 20.0 Å². The molecule has 1 aromatic carbocycles. The second kappa shape index (κ2) is 8.90. The van der Waals surface area contributed by atoms with Crippen molar-refractivity contribution in [3.8, 4) is 0 Å². The highest BCUT2D eigenvalue weighted by molar-refractivity contribution is 7.89. The van der Waals surface area contributed by atoms with Crippen LogP contribution >= 0.6 is 0 Å². The number of ether oxygens (including phenoxy) is 2. The Kier molecular flexibility index (Phi) is 5.95. The minimum absolute atomic E-state index is 0.0745. The van der Waals surface area contributed by atoms with Crippen LogP contribution in [-0.2, 0) is 19.5 Å². The van der Waals surface area contributed by atoms with Gasteiger partial charge in [-0.1, -0.05) is 0 Å². The smallest absolute Gasteiger partial charge is 0.340 e. The van der Waals surface area contributed by atoms with E-state index in [1.807, 2.05) is 0 Å². The van der Waals surface area contributed by atoms with E-state index in [4.69, 9.17) is 9.47 Å². The second-order valence-corrected chi connectivity index (χ2v) is 10.3. The van der Waals surface area contributed by atoms with Gasteiger partial charge in [0.1, 0.15) is 5.52 Å². The third kappa shape index (κ3) is 4.41. The van der Waals surface area contributed by atoms with Gasteiger partial charge in [-0.2, -0.15) is 0 Å². The quantitative estimate of drug-likeness (QED) is 0.394. The number of pyridine rings is 1. The van der Waals surface area contributed by atoms with Crippen LogP contribution in [0.3, 0.4) is 0 Å². The number of sulfonamides is 1. The molecule has 1 atom stereocenters. The topological polar surface area (TPSA) is 142 Å². The first-order valence-electron chi connectivity index (χ1n) is 11.1. The molecule has 176 valence electrons. The van der Waals surface area contributed by atoms with Crippen molar-refractivity contribution in [3.05, 3.63) is 40.3 Å². The average molecular weight is 475 g/mol. The molecule has 10 nitrogen and oxygen atoms in total. The second-order valence-electron chi connectivity index (χ2n) is 8.59. The Balaban J connectivity index is 1.52. The van der Waals surface area contributed by atoms with Crippen LogP contribution in [0.1, 0.15) is 29.6 Å². The normalized spacial score (nSPS) is 19.9. The number of H-pyrrole nitrogens is 2. The van der Waals surface area contributed by atoms with Gasteiger partial charge in [0.15, 0.2) is 0 Å². The van der Waals surface area contributed by atoms with Gasteiger partial charge in [0, 0.05) is 41.1 Å². The summed E-state index contributed by atoms with van der Waals surface area (Å²) in [7, 11) is -3.78. The molecule has 2 aliphatic rings. The third-order valence-corrected chi connectivity index (χ3v) is 7.80. The summed E-state index contributed by atoms with van der Waals surface area (Å²) in [6.07, 6.45) is 3.69. The molecular formula is C22H26N4O6S. The van der Waals surface area contributed by atoms with Crippen molar-refractivity contribution in [2.45, 2.75) is 30.2 Å². The lowest BCUT2D eigenvalue weighted by atomic mass is 10.1. The van der Waals surface area contributed by atoms with Gasteiger partial charge in [-0.25, -0.2) is 17.9 Å². The fourth-order valence-corrected chi connectivity index (χ4v) is 5.78. The molecule has 2 fully saturated rings. The molecule has 5 rings (SSSR count). The molecule has 0 saturated carbocycles. The molecule has 2 aliphatic heterocycles. The van der Waals surface area contributed by atoms with Crippen LogP contribution in [-0.4, -0.2) is 63.3 Å². The van der Waals surface area contributed by atoms with E-state index < -0.39 is 21.6 Å². The van der Waals surface area contributed by atoms with Crippen LogP contribution in [0.5, 0.6) is 0 Å². The molecule has 0 aliphatic carbocycles. The Morgan fingerprint density at radius 3 is 2.79 bits per heavy atom. The molecule has 11 heteroatoms. The molecule has 0 amide bonds. The summed E-state index contributed by atoms with van der Waals surface area (Å²) in [4.78, 5) is 31.0. The number of hydrogen-bond donors (Lipinski definition) is 4. The maximum absolute atomic E-state index is 13.0. The van der Waals surface area contributed by atoms with Gasteiger partial charge in [-0.3, -0.25) is 4.79 Å². The Hall–Kier alpha value is -2.73. The molecule has 1 unspecified atom stereocenters. The van der Waals surface area contributed by atoms with Crippen molar-refractivity contribution < 1.29 is 22.7 Å². The molecule has 4 N–H and O–H groups in total. The summed E-state index contributed by atoms with van der Waals surface area (Å²) >= 11 is 0. The number of piperidine rings is 1. The fourth-order valence-electron chi connectivity index (χ4n) is 4.45. The van der Waals surface area contributed by atoms with Crippen LogP contribution < -0.4 is 15.6 Å². The number of carbonyl (C=O) groups excluding carboxylic acids is 1. The summed E-state index contributed by atoms with van der Waals surface area (Å²) in [5.74, 6) is -0.418. The van der Waals surface area contributed by atoms with Gasteiger partial charge in [0.25, 0.3) is 5.56 Å². The van der Waals surface area contributed by atoms with Crippen LogP contribution in [0.2, 0.25) is 0 Å². The van der Waals surface area contributed by atoms with Crippen molar-refractivity contribution in [2.24, 2.45) is 5.92 Å². The lowest BCUT2D eigenvalue weighted by Gasteiger charge is -2.23. The molecule has 2 aromatic heterocycles. The zero-order valence-corrected chi connectivity index (χ0v) is 18.8. The van der Waals surface area contributed by atoms with Crippen molar-refractivity contribution in [1.29, 1.82) is 0 Å². The highest BCUT2D eigenvalue weighted by Crippen LogP contribution is 2.28. The SMILES string of the molecule is O=C(OCC1CCOC1)c1c[nH]c2c(=O)[nH]c3ccc(S(=O)(=O)NC4CCNCC4)cc3c12. The number of hydrogen-bond acceptors (Lipinski definition) is 7. The standard InChI is InChI=1S/C22H26N4O6S/c27-21-20-19(17(10-24-20)22(28)32-12-13-5-8-31-11-13)16-9-15(1-2-18(16)25-21)33(29,30)26-14-3-6-23-7-4-14/h1-2,9-10,13-14,23-24,26H,3-8,11-12H2,(H,25,27). The van der Waals surface area contributed by atoms with Crippen LogP contribution in [0.15, 0.2) is 34.1 Å². The van der Waals surface area contributed by atoms with Crippen LogP contribution in [0.4, 0.5) is 0 Å². The minimum Gasteiger partial charge on any atom is -0.462 e. The van der Waals surface area contributed by atoms with Gasteiger partial charge in [-0.05, 0) is 50.6 Å². The number of fused-ring (bicyclic) bond motifs is 3. The van der Waals surface area contributed by atoms with Crippen LogP contribution in [0.25, 0.3) is 21.8 Å². The minimum atomic E-state index is -3.78. The predicted molar refractivity (Wildman–Crippen MR) is 122 cm³/mol. The number of aromatic amines is 2. The summed E-state index contributed by atoms with van der Waals surface area (Å²) in [5, 5.41) is 4.01. The number of rotatable bonds is 6. The molecule has 2 saturated heterocycles. The van der Waals surface area contributed by atoms with E-state index in [0.717, 1.165) is 19.5 Å². The van der Waals surface area contributed by atoms with E-state index in [9.17, 15) is 18.0 Å². The third-order valence-electron chi connectivity index (χ3n) is 6.28. The summed E-state index contributed by atoms with van der Waals surface area (Å²) in [6, 6.07) is 4.36. The molecule has 0 radical (unpaired) electrons.